The molecule has 2 aromatic carbocycles. The average Bonchev–Trinajstić information content (AvgIpc) is 2.31. The van der Waals surface area contributed by atoms with Crippen molar-refractivity contribution in [3.05, 3.63) is 60.7 Å². The van der Waals surface area contributed by atoms with E-state index in [1.54, 1.807) is 42.5 Å². The van der Waals surface area contributed by atoms with Crippen molar-refractivity contribution >= 4 is 10.1 Å². The quantitative estimate of drug-likeness (QED) is 0.764. The highest BCUT2D eigenvalue weighted by atomic mass is 32.2. The summed E-state index contributed by atoms with van der Waals surface area (Å²) in [5.74, 6) is 0.291. The molecule has 0 saturated carbocycles. The van der Waals surface area contributed by atoms with Gasteiger partial charge < -0.3 is 4.18 Å². The van der Waals surface area contributed by atoms with Crippen LogP contribution in [0, 0.1) is 6.07 Å². The van der Waals surface area contributed by atoms with Gasteiger partial charge in [0, 0.05) is 6.07 Å². The van der Waals surface area contributed by atoms with Crippen LogP contribution in [0.5, 0.6) is 5.75 Å². The first kappa shape index (κ1) is 10.7. The first-order valence-electron chi connectivity index (χ1n) is 4.65. The molecular formula is C12H9O3S. The second kappa shape index (κ2) is 4.37. The highest BCUT2D eigenvalue weighted by Crippen LogP contribution is 2.16. The summed E-state index contributed by atoms with van der Waals surface area (Å²) in [5.41, 5.74) is 0. The van der Waals surface area contributed by atoms with E-state index in [2.05, 4.69) is 6.07 Å². The SMILES string of the molecule is O=S(=O)(Oc1ccccc1)c1[c]cccc1. The highest BCUT2D eigenvalue weighted by molar-refractivity contribution is 7.87. The van der Waals surface area contributed by atoms with E-state index in [1.165, 1.54) is 12.1 Å². The molecule has 0 N–H and O–H groups in total. The summed E-state index contributed by atoms with van der Waals surface area (Å²) < 4.78 is 28.4. The van der Waals surface area contributed by atoms with Crippen molar-refractivity contribution in [1.82, 2.24) is 0 Å². The van der Waals surface area contributed by atoms with E-state index in [0.717, 1.165) is 0 Å². The molecule has 0 bridgehead atoms. The molecular weight excluding hydrogens is 224 g/mol. The first-order chi connectivity index (χ1) is 7.68. The molecule has 0 saturated heterocycles. The minimum absolute atomic E-state index is 0.0267. The third kappa shape index (κ3) is 2.41. The van der Waals surface area contributed by atoms with Gasteiger partial charge in [-0.05, 0) is 18.2 Å². The van der Waals surface area contributed by atoms with E-state index in [4.69, 9.17) is 4.18 Å². The van der Waals surface area contributed by atoms with Gasteiger partial charge in [-0.1, -0.05) is 36.4 Å². The molecule has 3 nitrogen and oxygen atoms in total. The lowest BCUT2D eigenvalue weighted by atomic mass is 10.3. The van der Waals surface area contributed by atoms with Crippen LogP contribution in [-0.4, -0.2) is 8.42 Å². The Labute approximate surface area is 94.4 Å². The summed E-state index contributed by atoms with van der Waals surface area (Å²) in [6.07, 6.45) is 0. The molecule has 0 aliphatic carbocycles. The van der Waals surface area contributed by atoms with Gasteiger partial charge >= 0.3 is 10.1 Å². The van der Waals surface area contributed by atoms with Crippen LogP contribution >= 0.6 is 0 Å². The lowest BCUT2D eigenvalue weighted by molar-refractivity contribution is 0.486. The van der Waals surface area contributed by atoms with Crippen molar-refractivity contribution in [3.63, 3.8) is 0 Å². The van der Waals surface area contributed by atoms with E-state index in [-0.39, 0.29) is 4.90 Å². The molecule has 0 unspecified atom stereocenters. The number of hydrogen-bond donors (Lipinski definition) is 0. The van der Waals surface area contributed by atoms with E-state index >= 15 is 0 Å². The van der Waals surface area contributed by atoms with Crippen molar-refractivity contribution in [2.45, 2.75) is 4.90 Å². The Hall–Kier alpha value is -1.81. The van der Waals surface area contributed by atoms with Crippen LogP contribution in [0.25, 0.3) is 0 Å². The van der Waals surface area contributed by atoms with Gasteiger partial charge in [0.2, 0.25) is 0 Å². The van der Waals surface area contributed by atoms with Crippen LogP contribution in [0.3, 0.4) is 0 Å². The molecule has 2 rings (SSSR count). The molecule has 0 amide bonds. The Balaban J connectivity index is 2.29. The second-order valence-corrected chi connectivity index (χ2v) is 4.59. The second-order valence-electron chi connectivity index (χ2n) is 3.08. The van der Waals surface area contributed by atoms with Gasteiger partial charge in [-0.15, -0.1) is 0 Å². The van der Waals surface area contributed by atoms with Crippen LogP contribution in [0.1, 0.15) is 0 Å². The van der Waals surface area contributed by atoms with Gasteiger partial charge in [0.15, 0.2) is 0 Å². The Morgan fingerprint density at radius 2 is 1.62 bits per heavy atom. The summed E-state index contributed by atoms with van der Waals surface area (Å²) in [6.45, 7) is 0. The van der Waals surface area contributed by atoms with Crippen LogP contribution in [0.15, 0.2) is 59.5 Å². The highest BCUT2D eigenvalue weighted by Gasteiger charge is 2.15. The minimum Gasteiger partial charge on any atom is -0.379 e. The van der Waals surface area contributed by atoms with Gasteiger partial charge in [-0.25, -0.2) is 0 Å². The molecule has 81 valence electrons. The monoisotopic (exact) mass is 233 g/mol. The zero-order valence-corrected chi connectivity index (χ0v) is 9.15. The zero-order valence-electron chi connectivity index (χ0n) is 8.33. The topological polar surface area (TPSA) is 43.4 Å². The summed E-state index contributed by atoms with van der Waals surface area (Å²) in [4.78, 5) is 0.0267. The molecule has 0 aliphatic heterocycles. The summed E-state index contributed by atoms with van der Waals surface area (Å²) in [5, 5.41) is 0. The lowest BCUT2D eigenvalue weighted by Gasteiger charge is -2.05. The number of benzene rings is 2. The Kier molecular flexibility index (Phi) is 2.92. The third-order valence-electron chi connectivity index (χ3n) is 1.90. The smallest absolute Gasteiger partial charge is 0.339 e. The van der Waals surface area contributed by atoms with E-state index in [9.17, 15) is 8.42 Å². The molecule has 0 atom stereocenters. The normalized spacial score (nSPS) is 11.0. The summed E-state index contributed by atoms with van der Waals surface area (Å²) in [7, 11) is -3.77. The molecule has 0 aromatic heterocycles. The summed E-state index contributed by atoms with van der Waals surface area (Å²) >= 11 is 0. The maximum atomic E-state index is 11.7. The van der Waals surface area contributed by atoms with Gasteiger partial charge in [0.1, 0.15) is 10.6 Å². The maximum Gasteiger partial charge on any atom is 0.339 e. The Morgan fingerprint density at radius 1 is 0.938 bits per heavy atom. The van der Waals surface area contributed by atoms with Crippen LogP contribution in [0.2, 0.25) is 0 Å². The fraction of sp³-hybridized carbons (Fsp3) is 0. The largest absolute Gasteiger partial charge is 0.379 e. The minimum atomic E-state index is -3.77. The van der Waals surface area contributed by atoms with Crippen molar-refractivity contribution in [2.24, 2.45) is 0 Å². The predicted octanol–water partition coefficient (Wildman–Crippen LogP) is 2.25. The first-order valence-corrected chi connectivity index (χ1v) is 6.05. The molecule has 2 aromatic rings. The molecule has 0 fully saturated rings. The van der Waals surface area contributed by atoms with E-state index < -0.39 is 10.1 Å². The van der Waals surface area contributed by atoms with E-state index in [1.807, 2.05) is 0 Å². The van der Waals surface area contributed by atoms with Crippen LogP contribution < -0.4 is 4.18 Å². The fourth-order valence-electron chi connectivity index (χ4n) is 1.18. The zero-order chi connectivity index (χ0) is 11.4. The number of hydrogen-bond acceptors (Lipinski definition) is 3. The average molecular weight is 233 g/mol. The molecule has 0 spiro atoms. The van der Waals surface area contributed by atoms with Crippen molar-refractivity contribution in [1.29, 1.82) is 0 Å². The molecule has 1 radical (unpaired) electrons. The van der Waals surface area contributed by atoms with Gasteiger partial charge in [-0.3, -0.25) is 0 Å². The number of para-hydroxylation sites is 1. The van der Waals surface area contributed by atoms with Crippen molar-refractivity contribution in [2.75, 3.05) is 0 Å². The summed E-state index contributed by atoms with van der Waals surface area (Å²) in [6, 6.07) is 17.3. The van der Waals surface area contributed by atoms with Crippen molar-refractivity contribution in [3.8, 4) is 5.75 Å². The van der Waals surface area contributed by atoms with Gasteiger partial charge in [0.25, 0.3) is 0 Å². The molecule has 16 heavy (non-hydrogen) atoms. The Bertz CT molecular complexity index is 547. The van der Waals surface area contributed by atoms with Crippen molar-refractivity contribution < 1.29 is 12.6 Å². The van der Waals surface area contributed by atoms with Gasteiger partial charge in [-0.2, -0.15) is 8.42 Å². The third-order valence-corrected chi connectivity index (χ3v) is 3.10. The molecule has 4 heteroatoms. The fourth-order valence-corrected chi connectivity index (χ4v) is 2.09. The molecule has 0 heterocycles. The maximum absolute atomic E-state index is 11.7. The number of rotatable bonds is 3. The lowest BCUT2D eigenvalue weighted by Crippen LogP contribution is -2.09. The van der Waals surface area contributed by atoms with Crippen LogP contribution in [-0.2, 0) is 10.1 Å². The van der Waals surface area contributed by atoms with Gasteiger partial charge in [0.05, 0.1) is 0 Å². The molecule has 0 aliphatic rings. The predicted molar refractivity (Wildman–Crippen MR) is 59.5 cm³/mol. The Morgan fingerprint density at radius 3 is 2.25 bits per heavy atom. The van der Waals surface area contributed by atoms with Crippen LogP contribution in [0.4, 0.5) is 0 Å². The standard InChI is InChI=1S/C12H9O3S/c13-16(14,12-9-5-2-6-10-12)15-11-7-3-1-4-8-11/h1-9H. The van der Waals surface area contributed by atoms with E-state index in [0.29, 0.717) is 5.75 Å².